The van der Waals surface area contributed by atoms with E-state index in [0.29, 0.717) is 47.7 Å². The van der Waals surface area contributed by atoms with Gasteiger partial charge in [-0.05, 0) is 37.3 Å². The van der Waals surface area contributed by atoms with E-state index in [0.717, 1.165) is 30.9 Å². The first kappa shape index (κ1) is 23.1. The third-order valence-corrected chi connectivity index (χ3v) is 6.53. The summed E-state index contributed by atoms with van der Waals surface area (Å²) in [5.74, 6) is 1.47. The van der Waals surface area contributed by atoms with E-state index in [-0.39, 0.29) is 11.9 Å². The van der Waals surface area contributed by atoms with Crippen molar-refractivity contribution < 1.29 is 18.0 Å². The molecule has 5 rings (SSSR count). The third-order valence-electron chi connectivity index (χ3n) is 6.53. The number of pyridine rings is 1. The van der Waals surface area contributed by atoms with Gasteiger partial charge in [0.05, 0.1) is 18.4 Å². The lowest BCUT2D eigenvalue weighted by atomic mass is 9.78. The van der Waals surface area contributed by atoms with Crippen molar-refractivity contribution in [1.29, 1.82) is 0 Å². The highest BCUT2D eigenvalue weighted by Gasteiger charge is 2.40. The van der Waals surface area contributed by atoms with Gasteiger partial charge in [0.25, 0.3) is 0 Å². The summed E-state index contributed by atoms with van der Waals surface area (Å²) in [6, 6.07) is 2.13. The molecular formula is C23H25F3N8O. The summed E-state index contributed by atoms with van der Waals surface area (Å²) in [7, 11) is 1.90. The highest BCUT2D eigenvalue weighted by Crippen LogP contribution is 2.39. The molecule has 1 atom stereocenters. The molecule has 0 saturated heterocycles. The largest absolute Gasteiger partial charge is 0.433 e. The molecule has 4 heterocycles. The van der Waals surface area contributed by atoms with Crippen LogP contribution in [0.2, 0.25) is 0 Å². The minimum absolute atomic E-state index is 0.00669. The van der Waals surface area contributed by atoms with Gasteiger partial charge in [-0.2, -0.15) is 23.3 Å². The van der Waals surface area contributed by atoms with Crippen LogP contribution in [0.5, 0.6) is 0 Å². The lowest BCUT2D eigenvalue weighted by molar-refractivity contribution is -0.141. The van der Waals surface area contributed by atoms with Gasteiger partial charge in [-0.1, -0.05) is 12.5 Å². The van der Waals surface area contributed by atoms with Crippen LogP contribution in [0.25, 0.3) is 0 Å². The fourth-order valence-corrected chi connectivity index (χ4v) is 4.47. The summed E-state index contributed by atoms with van der Waals surface area (Å²) in [6.07, 6.45) is 3.45. The topological polar surface area (TPSA) is 101 Å². The number of alkyl halides is 3. The Hall–Kier alpha value is -3.70. The molecule has 3 aromatic heterocycles. The highest BCUT2D eigenvalue weighted by molar-refractivity contribution is 6.03. The SMILES string of the molecule is Cc1nc(NCc2cnn(Cc3ccc(C(F)(F)F)nc3)c2)nc2c1NC(=O)C(C1CCC1)N2C. The molecule has 2 aliphatic rings. The van der Waals surface area contributed by atoms with Crippen LogP contribution in [0.1, 0.15) is 41.8 Å². The minimum atomic E-state index is -4.46. The molecule has 12 heteroatoms. The molecule has 0 radical (unpaired) electrons. The van der Waals surface area contributed by atoms with Crippen molar-refractivity contribution in [2.75, 3.05) is 22.6 Å². The van der Waals surface area contributed by atoms with Gasteiger partial charge >= 0.3 is 6.18 Å². The van der Waals surface area contributed by atoms with E-state index in [9.17, 15) is 18.0 Å². The molecule has 2 N–H and O–H groups in total. The Morgan fingerprint density at radius 2 is 1.97 bits per heavy atom. The number of anilines is 3. The first-order valence-electron chi connectivity index (χ1n) is 11.4. The van der Waals surface area contributed by atoms with E-state index in [4.69, 9.17) is 0 Å². The second-order valence-electron chi connectivity index (χ2n) is 9.02. The normalized spacial score (nSPS) is 18.1. The molecule has 0 spiro atoms. The number of aryl methyl sites for hydroxylation is 1. The van der Waals surface area contributed by atoms with Crippen LogP contribution < -0.4 is 15.5 Å². The number of hydrogen-bond donors (Lipinski definition) is 2. The van der Waals surface area contributed by atoms with Crippen molar-refractivity contribution in [3.8, 4) is 0 Å². The molecule has 3 aromatic rings. The van der Waals surface area contributed by atoms with Gasteiger partial charge in [0.2, 0.25) is 11.9 Å². The second-order valence-corrected chi connectivity index (χ2v) is 9.02. The molecule has 1 aliphatic carbocycles. The number of likely N-dealkylation sites (N-methyl/N-ethyl adjacent to an activating group) is 1. The number of rotatable bonds is 6. The lowest BCUT2D eigenvalue weighted by Crippen LogP contribution is -2.52. The van der Waals surface area contributed by atoms with E-state index < -0.39 is 11.9 Å². The Bertz CT molecular complexity index is 1240. The van der Waals surface area contributed by atoms with Crippen LogP contribution in [0.4, 0.5) is 30.6 Å². The van der Waals surface area contributed by atoms with Gasteiger partial charge in [0.1, 0.15) is 17.4 Å². The van der Waals surface area contributed by atoms with Gasteiger partial charge in [-0.3, -0.25) is 14.5 Å². The first-order chi connectivity index (χ1) is 16.7. The predicted molar refractivity (Wildman–Crippen MR) is 123 cm³/mol. The van der Waals surface area contributed by atoms with Crippen molar-refractivity contribution in [3.63, 3.8) is 0 Å². The molecule has 0 aromatic carbocycles. The van der Waals surface area contributed by atoms with Gasteiger partial charge in [0, 0.05) is 31.5 Å². The van der Waals surface area contributed by atoms with Crippen molar-refractivity contribution in [1.82, 2.24) is 24.7 Å². The molecule has 1 unspecified atom stereocenters. The number of carbonyl (C=O) groups is 1. The fraction of sp³-hybridized carbons (Fsp3) is 0.435. The Balaban J connectivity index is 1.25. The smallest absolute Gasteiger partial charge is 0.350 e. The summed E-state index contributed by atoms with van der Waals surface area (Å²) in [4.78, 5) is 27.2. The predicted octanol–water partition coefficient (Wildman–Crippen LogP) is 3.61. The van der Waals surface area contributed by atoms with Gasteiger partial charge in [-0.25, -0.2) is 4.98 Å². The zero-order chi connectivity index (χ0) is 24.7. The number of fused-ring (bicyclic) bond motifs is 1. The van der Waals surface area contributed by atoms with Crippen molar-refractivity contribution in [3.05, 3.63) is 53.2 Å². The van der Waals surface area contributed by atoms with Crippen LogP contribution in [0.3, 0.4) is 0 Å². The number of halogens is 3. The Kier molecular flexibility index (Phi) is 5.81. The maximum absolute atomic E-state index is 12.7. The van der Waals surface area contributed by atoms with Gasteiger partial charge in [0.15, 0.2) is 5.82 Å². The highest BCUT2D eigenvalue weighted by atomic mass is 19.4. The van der Waals surface area contributed by atoms with Crippen molar-refractivity contribution in [2.24, 2.45) is 5.92 Å². The van der Waals surface area contributed by atoms with Crippen LogP contribution in [0, 0.1) is 12.8 Å². The molecule has 1 saturated carbocycles. The summed E-state index contributed by atoms with van der Waals surface area (Å²) in [6.45, 7) is 2.54. The number of hydrogen-bond acceptors (Lipinski definition) is 7. The minimum Gasteiger partial charge on any atom is -0.350 e. The number of amides is 1. The number of nitrogens with one attached hydrogen (secondary N) is 2. The van der Waals surface area contributed by atoms with Crippen molar-refractivity contribution >= 4 is 23.4 Å². The van der Waals surface area contributed by atoms with Crippen LogP contribution in [0.15, 0.2) is 30.7 Å². The lowest BCUT2D eigenvalue weighted by Gasteiger charge is -2.42. The van der Waals surface area contributed by atoms with E-state index in [1.165, 1.54) is 12.3 Å². The van der Waals surface area contributed by atoms with E-state index in [1.54, 1.807) is 17.1 Å². The maximum atomic E-state index is 12.7. The van der Waals surface area contributed by atoms with E-state index in [1.807, 2.05) is 18.9 Å². The molecule has 184 valence electrons. The quantitative estimate of drug-likeness (QED) is 0.549. The summed E-state index contributed by atoms with van der Waals surface area (Å²) >= 11 is 0. The molecule has 1 amide bonds. The molecule has 1 fully saturated rings. The van der Waals surface area contributed by atoms with E-state index in [2.05, 4.69) is 30.7 Å². The molecule has 9 nitrogen and oxygen atoms in total. The maximum Gasteiger partial charge on any atom is 0.433 e. The van der Waals surface area contributed by atoms with Crippen LogP contribution in [-0.2, 0) is 24.1 Å². The Morgan fingerprint density at radius 1 is 1.17 bits per heavy atom. The van der Waals surface area contributed by atoms with Gasteiger partial charge < -0.3 is 15.5 Å². The van der Waals surface area contributed by atoms with Gasteiger partial charge in [-0.15, -0.1) is 0 Å². The number of aromatic nitrogens is 5. The van der Waals surface area contributed by atoms with Crippen molar-refractivity contribution in [2.45, 2.75) is 51.5 Å². The standard InChI is InChI=1S/C23H25F3N8O/c1-13-18-20(33(2)19(21(35)31-18)16-4-3-5-16)32-22(30-13)28-9-15-10-29-34(12-15)11-14-6-7-17(27-8-14)23(24,25)26/h6-8,10,12,16,19H,3-5,9,11H2,1-2H3,(H,31,35)(H,28,30,32). The summed E-state index contributed by atoms with van der Waals surface area (Å²) < 4.78 is 39.7. The number of nitrogens with zero attached hydrogens (tertiary/aromatic N) is 6. The number of carbonyl (C=O) groups excluding carboxylic acids is 1. The molecular weight excluding hydrogens is 461 g/mol. The summed E-state index contributed by atoms with van der Waals surface area (Å²) in [5.41, 5.74) is 1.86. The Labute approximate surface area is 199 Å². The first-order valence-corrected chi connectivity index (χ1v) is 11.4. The second kappa shape index (κ2) is 8.82. The molecule has 0 bridgehead atoms. The fourth-order valence-electron chi connectivity index (χ4n) is 4.47. The zero-order valence-corrected chi connectivity index (χ0v) is 19.3. The molecule has 35 heavy (non-hydrogen) atoms. The Morgan fingerprint density at radius 3 is 2.63 bits per heavy atom. The zero-order valence-electron chi connectivity index (χ0n) is 19.3. The van der Waals surface area contributed by atoms with Crippen LogP contribution in [-0.4, -0.2) is 43.7 Å². The molecule has 1 aliphatic heterocycles. The monoisotopic (exact) mass is 486 g/mol. The average Bonchev–Trinajstić information content (AvgIpc) is 3.22. The van der Waals surface area contributed by atoms with Crippen LogP contribution >= 0.6 is 0 Å². The average molecular weight is 487 g/mol. The summed E-state index contributed by atoms with van der Waals surface area (Å²) in [5, 5.41) is 10.5. The van der Waals surface area contributed by atoms with E-state index >= 15 is 0 Å². The third kappa shape index (κ3) is 4.64.